The summed E-state index contributed by atoms with van der Waals surface area (Å²) in [6.45, 7) is 3.92. The first-order chi connectivity index (χ1) is 12.5. The average molecular weight is 399 g/mol. The van der Waals surface area contributed by atoms with Gasteiger partial charge >= 0.3 is 0 Å². The second-order valence-corrected chi connectivity index (χ2v) is 6.95. The Hall–Kier alpha value is -1.73. The van der Waals surface area contributed by atoms with E-state index >= 15 is 0 Å². The van der Waals surface area contributed by atoms with Crippen LogP contribution in [0, 0.1) is 0 Å². The number of phenolic OH excluding ortho intramolecular Hbond substituents is 1. The lowest BCUT2D eigenvalue weighted by Gasteiger charge is -2.34. The maximum Gasteiger partial charge on any atom is 0.227 e. The third kappa shape index (κ3) is 4.32. The van der Waals surface area contributed by atoms with Gasteiger partial charge in [0.15, 0.2) is 5.76 Å². The zero-order valence-corrected chi connectivity index (χ0v) is 15.6. The van der Waals surface area contributed by atoms with Crippen molar-refractivity contribution in [3.05, 3.63) is 56.6 Å². The van der Waals surface area contributed by atoms with E-state index in [-0.39, 0.29) is 23.1 Å². The smallest absolute Gasteiger partial charge is 0.227 e. The molecule has 0 aliphatic carbocycles. The number of rotatable bonds is 5. The molecule has 8 heteroatoms. The fourth-order valence-electron chi connectivity index (χ4n) is 3.00. The highest BCUT2D eigenvalue weighted by atomic mass is 35.5. The maximum atomic E-state index is 11.7. The van der Waals surface area contributed by atoms with E-state index in [1.165, 1.54) is 6.07 Å². The number of piperazine rings is 1. The Labute approximate surface area is 161 Å². The van der Waals surface area contributed by atoms with E-state index in [1.54, 1.807) is 18.2 Å². The molecule has 0 atom stereocenters. The van der Waals surface area contributed by atoms with E-state index in [0.29, 0.717) is 23.9 Å². The molecule has 140 valence electrons. The van der Waals surface area contributed by atoms with Gasteiger partial charge < -0.3 is 14.6 Å². The summed E-state index contributed by atoms with van der Waals surface area (Å²) in [5.74, 6) is 0.506. The molecule has 6 nitrogen and oxygen atoms in total. The molecule has 0 amide bonds. The van der Waals surface area contributed by atoms with Crippen LogP contribution in [0.1, 0.15) is 17.1 Å². The Kier molecular flexibility index (Phi) is 6.09. The fraction of sp³-hybridized carbons (Fsp3) is 0.389. The highest BCUT2D eigenvalue weighted by molar-refractivity contribution is 6.31. The molecule has 2 heterocycles. The quantitative estimate of drug-likeness (QED) is 0.754. The Morgan fingerprint density at radius 1 is 1.08 bits per heavy atom. The van der Waals surface area contributed by atoms with Crippen molar-refractivity contribution in [3.63, 3.8) is 0 Å². The molecule has 2 aromatic rings. The summed E-state index contributed by atoms with van der Waals surface area (Å²) in [5, 5.41) is 20.5. The second kappa shape index (κ2) is 8.31. The van der Waals surface area contributed by atoms with Crippen molar-refractivity contribution < 1.29 is 14.6 Å². The van der Waals surface area contributed by atoms with Crippen LogP contribution in [-0.2, 0) is 19.0 Å². The third-order valence-electron chi connectivity index (χ3n) is 4.48. The van der Waals surface area contributed by atoms with E-state index in [2.05, 4.69) is 9.80 Å². The fourth-order valence-corrected chi connectivity index (χ4v) is 3.36. The topological polar surface area (TPSA) is 77.2 Å². The van der Waals surface area contributed by atoms with Crippen LogP contribution in [0.25, 0.3) is 0 Å². The van der Waals surface area contributed by atoms with Gasteiger partial charge in [-0.3, -0.25) is 14.6 Å². The molecule has 0 saturated carbocycles. The molecule has 2 N–H and O–H groups in total. The van der Waals surface area contributed by atoms with Gasteiger partial charge in [0.25, 0.3) is 0 Å². The van der Waals surface area contributed by atoms with Crippen LogP contribution in [0.15, 0.2) is 33.5 Å². The predicted molar refractivity (Wildman–Crippen MR) is 99.9 cm³/mol. The standard InChI is InChI=1S/C18H20Cl2N2O4/c19-9-12-8-16(24)18(25)17(26-12)11-22-6-4-21(5-7-22)10-13-14(20)2-1-3-15(13)23/h1-3,8,23,25H,4-7,9-11H2. The number of hydrogen-bond acceptors (Lipinski definition) is 6. The van der Waals surface area contributed by atoms with Crippen LogP contribution in [0.2, 0.25) is 5.02 Å². The summed E-state index contributed by atoms with van der Waals surface area (Å²) in [5.41, 5.74) is 0.246. The molecule has 3 rings (SSSR count). The highest BCUT2D eigenvalue weighted by Crippen LogP contribution is 2.27. The molecule has 1 aromatic heterocycles. The third-order valence-corrected chi connectivity index (χ3v) is 5.10. The molecule has 26 heavy (non-hydrogen) atoms. The minimum Gasteiger partial charge on any atom is -0.508 e. The molecule has 1 aliphatic heterocycles. The zero-order chi connectivity index (χ0) is 18.7. The first-order valence-corrected chi connectivity index (χ1v) is 9.21. The first-order valence-electron chi connectivity index (χ1n) is 8.30. The van der Waals surface area contributed by atoms with Gasteiger partial charge in [-0.05, 0) is 12.1 Å². The lowest BCUT2D eigenvalue weighted by molar-refractivity contribution is 0.113. The molecular weight excluding hydrogens is 379 g/mol. The summed E-state index contributed by atoms with van der Waals surface area (Å²) < 4.78 is 5.51. The largest absolute Gasteiger partial charge is 0.508 e. The number of hydrogen-bond donors (Lipinski definition) is 2. The molecule has 0 spiro atoms. The van der Waals surface area contributed by atoms with Crippen LogP contribution in [0.5, 0.6) is 11.5 Å². The number of aromatic hydroxyl groups is 2. The van der Waals surface area contributed by atoms with Crippen molar-refractivity contribution in [3.8, 4) is 11.5 Å². The van der Waals surface area contributed by atoms with E-state index in [9.17, 15) is 15.0 Å². The molecule has 0 radical (unpaired) electrons. The summed E-state index contributed by atoms with van der Waals surface area (Å²) in [7, 11) is 0. The molecule has 0 unspecified atom stereocenters. The van der Waals surface area contributed by atoms with Crippen molar-refractivity contribution in [2.75, 3.05) is 26.2 Å². The normalized spacial score (nSPS) is 16.1. The summed E-state index contributed by atoms with van der Waals surface area (Å²) in [6.07, 6.45) is 0. The van der Waals surface area contributed by atoms with Gasteiger partial charge in [-0.2, -0.15) is 0 Å². The number of benzene rings is 1. The Balaban J connectivity index is 1.61. The molecule has 1 saturated heterocycles. The maximum absolute atomic E-state index is 11.7. The minimum absolute atomic E-state index is 0.0810. The molecule has 1 aliphatic rings. The Bertz CT molecular complexity index is 812. The van der Waals surface area contributed by atoms with E-state index in [0.717, 1.165) is 31.7 Å². The SMILES string of the molecule is O=c1cc(CCl)oc(CN2CCN(Cc3c(O)cccc3Cl)CC2)c1O. The number of nitrogens with zero attached hydrogens (tertiary/aromatic N) is 2. The van der Waals surface area contributed by atoms with Crippen LogP contribution < -0.4 is 5.43 Å². The van der Waals surface area contributed by atoms with Crippen LogP contribution >= 0.6 is 23.2 Å². The van der Waals surface area contributed by atoms with E-state index < -0.39 is 5.43 Å². The first kappa shape index (κ1) is 19.0. The predicted octanol–water partition coefficient (Wildman–Crippen LogP) is 2.76. The van der Waals surface area contributed by atoms with Gasteiger partial charge in [-0.25, -0.2) is 0 Å². The average Bonchev–Trinajstić information content (AvgIpc) is 2.63. The molecular formula is C18H20Cl2N2O4. The second-order valence-electron chi connectivity index (χ2n) is 6.27. The van der Waals surface area contributed by atoms with Crippen molar-refractivity contribution in [1.82, 2.24) is 9.80 Å². The molecule has 1 aromatic carbocycles. The summed E-state index contributed by atoms with van der Waals surface area (Å²) >= 11 is 11.9. The van der Waals surface area contributed by atoms with Crippen molar-refractivity contribution in [1.29, 1.82) is 0 Å². The summed E-state index contributed by atoms with van der Waals surface area (Å²) in [4.78, 5) is 16.0. The van der Waals surface area contributed by atoms with E-state index in [1.807, 2.05) is 0 Å². The number of phenols is 1. The monoisotopic (exact) mass is 398 g/mol. The van der Waals surface area contributed by atoms with Gasteiger partial charge in [0.05, 0.1) is 12.4 Å². The highest BCUT2D eigenvalue weighted by Gasteiger charge is 2.21. The van der Waals surface area contributed by atoms with Crippen molar-refractivity contribution in [2.45, 2.75) is 19.0 Å². The van der Waals surface area contributed by atoms with Gasteiger partial charge in [-0.1, -0.05) is 17.7 Å². The van der Waals surface area contributed by atoms with E-state index in [4.69, 9.17) is 27.6 Å². The van der Waals surface area contributed by atoms with Gasteiger partial charge in [0, 0.05) is 49.4 Å². The minimum atomic E-state index is -0.477. The lowest BCUT2D eigenvalue weighted by atomic mass is 10.1. The lowest BCUT2D eigenvalue weighted by Crippen LogP contribution is -2.45. The van der Waals surface area contributed by atoms with Gasteiger partial charge in [0.1, 0.15) is 11.5 Å². The van der Waals surface area contributed by atoms with Crippen LogP contribution in [0.3, 0.4) is 0 Å². The van der Waals surface area contributed by atoms with Crippen molar-refractivity contribution in [2.24, 2.45) is 0 Å². The number of alkyl halides is 1. The summed E-state index contributed by atoms with van der Waals surface area (Å²) in [6, 6.07) is 6.32. The van der Waals surface area contributed by atoms with Crippen LogP contribution in [0.4, 0.5) is 0 Å². The molecule has 0 bridgehead atoms. The number of halogens is 2. The van der Waals surface area contributed by atoms with Crippen LogP contribution in [-0.4, -0.2) is 46.2 Å². The Morgan fingerprint density at radius 2 is 1.73 bits per heavy atom. The van der Waals surface area contributed by atoms with Gasteiger partial charge in [-0.15, -0.1) is 11.6 Å². The van der Waals surface area contributed by atoms with Crippen molar-refractivity contribution >= 4 is 23.2 Å². The zero-order valence-electron chi connectivity index (χ0n) is 14.1. The van der Waals surface area contributed by atoms with Gasteiger partial charge in [0.2, 0.25) is 11.2 Å². The Morgan fingerprint density at radius 3 is 2.35 bits per heavy atom. The molecule has 1 fully saturated rings.